The summed E-state index contributed by atoms with van der Waals surface area (Å²) in [4.78, 5) is 20.2. The van der Waals surface area contributed by atoms with Gasteiger partial charge in [-0.1, -0.05) is 29.4 Å². The number of nitrogens with two attached hydrogens (primary N) is 2. The fourth-order valence-electron chi connectivity index (χ4n) is 1.54. The second-order valence-corrected chi connectivity index (χ2v) is 6.00. The highest BCUT2D eigenvalue weighted by Crippen LogP contribution is 2.23. The summed E-state index contributed by atoms with van der Waals surface area (Å²) >= 11 is 7.04. The summed E-state index contributed by atoms with van der Waals surface area (Å²) in [5.41, 5.74) is 11.8. The first kappa shape index (κ1) is 15.4. The van der Waals surface area contributed by atoms with E-state index in [1.54, 1.807) is 31.2 Å². The molecule has 0 saturated carbocycles. The van der Waals surface area contributed by atoms with Gasteiger partial charge < -0.3 is 16.8 Å². The highest BCUT2D eigenvalue weighted by Gasteiger charge is 2.16. The fraction of sp³-hybridized carbons (Fsp3) is 0.154. The average molecular weight is 324 g/mol. The van der Waals surface area contributed by atoms with Gasteiger partial charge in [0.05, 0.1) is 5.25 Å². The van der Waals surface area contributed by atoms with E-state index in [0.717, 1.165) is 0 Å². The zero-order chi connectivity index (χ0) is 15.4. The number of nitrogens with zero attached hydrogens (tertiary/aromatic N) is 2. The molecule has 1 atom stereocenters. The Bertz CT molecular complexity index is 647. The molecule has 0 spiro atoms. The topological polar surface area (TPSA) is 107 Å². The van der Waals surface area contributed by atoms with Crippen molar-refractivity contribution in [2.45, 2.75) is 17.3 Å². The molecule has 8 heteroatoms. The van der Waals surface area contributed by atoms with Crippen LogP contribution in [0.2, 0.25) is 5.02 Å². The Morgan fingerprint density at radius 1 is 1.29 bits per heavy atom. The van der Waals surface area contributed by atoms with Crippen LogP contribution in [-0.2, 0) is 4.79 Å². The van der Waals surface area contributed by atoms with E-state index in [0.29, 0.717) is 15.9 Å². The van der Waals surface area contributed by atoms with Gasteiger partial charge in [-0.2, -0.15) is 0 Å². The molecule has 2 rings (SSSR count). The smallest absolute Gasteiger partial charge is 0.237 e. The minimum Gasteiger partial charge on any atom is -0.383 e. The summed E-state index contributed by atoms with van der Waals surface area (Å²) in [6, 6.07) is 8.39. The predicted molar refractivity (Wildman–Crippen MR) is 86.3 cm³/mol. The summed E-state index contributed by atoms with van der Waals surface area (Å²) in [6.45, 7) is 1.74. The van der Waals surface area contributed by atoms with Crippen molar-refractivity contribution in [1.29, 1.82) is 0 Å². The standard InChI is InChI=1S/C13H14ClN5OS/c1-7(21-13-18-10(15)6-11(16)19-13)12(20)17-9-4-2-3-8(14)5-9/h2-7H,1H3,(H,17,20)(H4,15,16,18,19). The minimum atomic E-state index is -0.412. The zero-order valence-electron chi connectivity index (χ0n) is 11.2. The number of thioether (sulfide) groups is 1. The van der Waals surface area contributed by atoms with Crippen molar-refractivity contribution in [2.75, 3.05) is 16.8 Å². The number of amides is 1. The van der Waals surface area contributed by atoms with Crippen LogP contribution >= 0.6 is 23.4 Å². The Morgan fingerprint density at radius 2 is 1.95 bits per heavy atom. The van der Waals surface area contributed by atoms with E-state index in [1.165, 1.54) is 17.8 Å². The van der Waals surface area contributed by atoms with E-state index in [1.807, 2.05) is 0 Å². The number of hydrogen-bond donors (Lipinski definition) is 3. The van der Waals surface area contributed by atoms with Gasteiger partial charge >= 0.3 is 0 Å². The van der Waals surface area contributed by atoms with E-state index in [4.69, 9.17) is 23.1 Å². The number of nitrogens with one attached hydrogen (secondary N) is 1. The monoisotopic (exact) mass is 323 g/mol. The third-order valence-corrected chi connectivity index (χ3v) is 3.68. The molecule has 110 valence electrons. The minimum absolute atomic E-state index is 0.188. The molecule has 0 aliphatic carbocycles. The van der Waals surface area contributed by atoms with Crippen molar-refractivity contribution in [3.8, 4) is 0 Å². The molecule has 0 radical (unpaired) electrons. The maximum absolute atomic E-state index is 12.1. The van der Waals surface area contributed by atoms with E-state index in [9.17, 15) is 4.79 Å². The lowest BCUT2D eigenvalue weighted by Crippen LogP contribution is -2.22. The molecule has 6 nitrogen and oxygen atoms in total. The van der Waals surface area contributed by atoms with Gasteiger partial charge in [0.2, 0.25) is 5.91 Å². The molecule has 0 fully saturated rings. The van der Waals surface area contributed by atoms with Crippen molar-refractivity contribution < 1.29 is 4.79 Å². The molecule has 2 aromatic rings. The quantitative estimate of drug-likeness (QED) is 0.589. The lowest BCUT2D eigenvalue weighted by molar-refractivity contribution is -0.115. The van der Waals surface area contributed by atoms with Crippen LogP contribution in [0.3, 0.4) is 0 Å². The van der Waals surface area contributed by atoms with Crippen LogP contribution in [0.1, 0.15) is 6.92 Å². The largest absolute Gasteiger partial charge is 0.383 e. The SMILES string of the molecule is CC(Sc1nc(N)cc(N)n1)C(=O)Nc1cccc(Cl)c1. The van der Waals surface area contributed by atoms with Gasteiger partial charge in [-0.25, -0.2) is 9.97 Å². The van der Waals surface area contributed by atoms with Crippen LogP contribution in [0, 0.1) is 0 Å². The maximum Gasteiger partial charge on any atom is 0.237 e. The number of aromatic nitrogens is 2. The number of nitrogen functional groups attached to an aromatic ring is 2. The van der Waals surface area contributed by atoms with Crippen LogP contribution in [0.15, 0.2) is 35.5 Å². The van der Waals surface area contributed by atoms with Crippen molar-refractivity contribution in [3.05, 3.63) is 35.4 Å². The van der Waals surface area contributed by atoms with Gasteiger partial charge in [0.15, 0.2) is 5.16 Å². The third kappa shape index (κ3) is 4.51. The van der Waals surface area contributed by atoms with E-state index >= 15 is 0 Å². The number of halogens is 1. The fourth-order valence-corrected chi connectivity index (χ4v) is 2.53. The van der Waals surface area contributed by atoms with Gasteiger partial charge in [0, 0.05) is 16.8 Å². The molecule has 1 aromatic carbocycles. The van der Waals surface area contributed by atoms with Crippen molar-refractivity contribution in [3.63, 3.8) is 0 Å². The first-order valence-corrected chi connectivity index (χ1v) is 7.33. The number of hydrogen-bond acceptors (Lipinski definition) is 6. The van der Waals surface area contributed by atoms with E-state index in [-0.39, 0.29) is 17.5 Å². The Hall–Kier alpha value is -1.99. The van der Waals surface area contributed by atoms with Gasteiger partial charge in [0.1, 0.15) is 11.6 Å². The highest BCUT2D eigenvalue weighted by atomic mass is 35.5. The van der Waals surface area contributed by atoms with Gasteiger partial charge in [-0.3, -0.25) is 4.79 Å². The van der Waals surface area contributed by atoms with Gasteiger partial charge in [-0.15, -0.1) is 0 Å². The molecule has 1 unspecified atom stereocenters. The molecule has 1 amide bonds. The Labute approximate surface area is 131 Å². The Balaban J connectivity index is 2.02. The molecule has 1 aromatic heterocycles. The summed E-state index contributed by atoms with van der Waals surface area (Å²) in [5.74, 6) is 0.353. The summed E-state index contributed by atoms with van der Waals surface area (Å²) in [6.07, 6.45) is 0. The maximum atomic E-state index is 12.1. The highest BCUT2D eigenvalue weighted by molar-refractivity contribution is 8.00. The first-order valence-electron chi connectivity index (χ1n) is 6.07. The average Bonchev–Trinajstić information content (AvgIpc) is 2.37. The number of rotatable bonds is 4. The summed E-state index contributed by atoms with van der Waals surface area (Å²) in [5, 5.41) is 3.28. The molecule has 21 heavy (non-hydrogen) atoms. The van der Waals surface area contributed by atoms with Crippen LogP contribution in [-0.4, -0.2) is 21.1 Å². The van der Waals surface area contributed by atoms with Crippen molar-refractivity contribution >= 4 is 46.6 Å². The number of carbonyl (C=O) groups excluding carboxylic acids is 1. The lowest BCUT2D eigenvalue weighted by Gasteiger charge is -2.11. The Kier molecular flexibility index (Phi) is 4.87. The second-order valence-electron chi connectivity index (χ2n) is 4.26. The van der Waals surface area contributed by atoms with Gasteiger partial charge in [0.25, 0.3) is 0 Å². The van der Waals surface area contributed by atoms with Crippen LogP contribution in [0.4, 0.5) is 17.3 Å². The molecule has 5 N–H and O–H groups in total. The van der Waals surface area contributed by atoms with Crippen molar-refractivity contribution in [2.24, 2.45) is 0 Å². The number of anilines is 3. The van der Waals surface area contributed by atoms with Crippen LogP contribution in [0.25, 0.3) is 0 Å². The lowest BCUT2D eigenvalue weighted by atomic mass is 10.3. The van der Waals surface area contributed by atoms with Gasteiger partial charge in [-0.05, 0) is 25.1 Å². The zero-order valence-corrected chi connectivity index (χ0v) is 12.8. The van der Waals surface area contributed by atoms with E-state index in [2.05, 4.69) is 15.3 Å². The second kappa shape index (κ2) is 6.64. The molecule has 0 aliphatic heterocycles. The molecule has 1 heterocycles. The number of benzene rings is 1. The molecular weight excluding hydrogens is 310 g/mol. The molecule has 0 saturated heterocycles. The van der Waals surface area contributed by atoms with E-state index < -0.39 is 5.25 Å². The molecule has 0 bridgehead atoms. The summed E-state index contributed by atoms with van der Waals surface area (Å²) < 4.78 is 0. The normalized spacial score (nSPS) is 11.9. The summed E-state index contributed by atoms with van der Waals surface area (Å²) in [7, 11) is 0. The first-order chi connectivity index (χ1) is 9.94. The number of carbonyl (C=O) groups is 1. The molecular formula is C13H14ClN5OS. The predicted octanol–water partition coefficient (Wildman–Crippen LogP) is 2.41. The third-order valence-electron chi connectivity index (χ3n) is 2.49. The van der Waals surface area contributed by atoms with Crippen LogP contribution < -0.4 is 16.8 Å². The van der Waals surface area contributed by atoms with Crippen LogP contribution in [0.5, 0.6) is 0 Å². The molecule has 0 aliphatic rings. The Morgan fingerprint density at radius 3 is 2.57 bits per heavy atom. The van der Waals surface area contributed by atoms with Crippen molar-refractivity contribution in [1.82, 2.24) is 9.97 Å².